The molecule has 2 aromatic carbocycles. The minimum Gasteiger partial charge on any atom is -0.348 e. The van der Waals surface area contributed by atoms with Crippen molar-refractivity contribution in [3.05, 3.63) is 69.2 Å². The predicted molar refractivity (Wildman–Crippen MR) is 97.0 cm³/mol. The van der Waals surface area contributed by atoms with E-state index in [-0.39, 0.29) is 5.91 Å². The Morgan fingerprint density at radius 2 is 2.04 bits per heavy atom. The Kier molecular flexibility index (Phi) is 4.96. The fourth-order valence-corrected chi connectivity index (χ4v) is 3.36. The van der Waals surface area contributed by atoms with Crippen molar-refractivity contribution >= 4 is 56.7 Å². The van der Waals surface area contributed by atoms with Gasteiger partial charge in [0.2, 0.25) is 5.91 Å². The molecule has 3 rings (SSSR count). The predicted octanol–water partition coefficient (Wildman–Crippen LogP) is 4.93. The van der Waals surface area contributed by atoms with Crippen molar-refractivity contribution in [3.8, 4) is 0 Å². The second kappa shape index (κ2) is 7.13. The van der Waals surface area contributed by atoms with Gasteiger partial charge in [-0.25, -0.2) is 4.98 Å². The third kappa shape index (κ3) is 4.10. The molecule has 0 saturated heterocycles. The normalized spacial score (nSPS) is 11.2. The van der Waals surface area contributed by atoms with E-state index < -0.39 is 0 Å². The van der Waals surface area contributed by atoms with Crippen molar-refractivity contribution < 1.29 is 4.79 Å². The summed E-state index contributed by atoms with van der Waals surface area (Å²) in [6, 6.07) is 13.1. The Bertz CT molecular complexity index is 856. The molecule has 0 aliphatic carbocycles. The molecular formula is C17H12Cl2N2OS. The zero-order valence-electron chi connectivity index (χ0n) is 11.9. The molecule has 3 nitrogen and oxygen atoms in total. The number of carbonyl (C=O) groups is 1. The number of hydrogen-bond acceptors (Lipinski definition) is 3. The van der Waals surface area contributed by atoms with E-state index in [2.05, 4.69) is 10.3 Å². The van der Waals surface area contributed by atoms with E-state index in [1.807, 2.05) is 24.3 Å². The van der Waals surface area contributed by atoms with Crippen LogP contribution in [-0.4, -0.2) is 10.9 Å². The van der Waals surface area contributed by atoms with Gasteiger partial charge in [0.1, 0.15) is 5.01 Å². The zero-order chi connectivity index (χ0) is 16.2. The van der Waals surface area contributed by atoms with E-state index >= 15 is 0 Å². The molecule has 0 spiro atoms. The van der Waals surface area contributed by atoms with Gasteiger partial charge in [-0.1, -0.05) is 41.4 Å². The average molecular weight is 363 g/mol. The lowest BCUT2D eigenvalue weighted by Gasteiger charge is -2.05. The van der Waals surface area contributed by atoms with Crippen molar-refractivity contribution in [1.82, 2.24) is 10.3 Å². The molecule has 0 aliphatic heterocycles. The first-order valence-corrected chi connectivity index (χ1v) is 8.44. The molecule has 0 aliphatic rings. The van der Waals surface area contributed by atoms with Crippen LogP contribution in [0.3, 0.4) is 0 Å². The van der Waals surface area contributed by atoms with Gasteiger partial charge in [-0.3, -0.25) is 4.79 Å². The summed E-state index contributed by atoms with van der Waals surface area (Å²) in [6.45, 7) is 0.346. The standard InChI is InChI=1S/C17H12Cl2N2OS/c18-12-6-5-11(13(19)9-12)10-20-16(22)7-8-17-21-14-3-1-2-4-15(14)23-17/h1-9H,10H2,(H,20,22)/b8-7+. The smallest absolute Gasteiger partial charge is 0.244 e. The van der Waals surface area contributed by atoms with Crippen LogP contribution in [0.15, 0.2) is 48.5 Å². The number of thiazole rings is 1. The van der Waals surface area contributed by atoms with Gasteiger partial charge in [-0.15, -0.1) is 11.3 Å². The van der Waals surface area contributed by atoms with Crippen molar-refractivity contribution in [1.29, 1.82) is 0 Å². The maximum absolute atomic E-state index is 11.9. The molecule has 0 atom stereocenters. The molecule has 0 bridgehead atoms. The van der Waals surface area contributed by atoms with Crippen molar-refractivity contribution in [2.45, 2.75) is 6.54 Å². The van der Waals surface area contributed by atoms with Crippen LogP contribution in [-0.2, 0) is 11.3 Å². The van der Waals surface area contributed by atoms with E-state index in [9.17, 15) is 4.79 Å². The van der Waals surface area contributed by atoms with Crippen LogP contribution in [0.2, 0.25) is 10.0 Å². The number of para-hydroxylation sites is 1. The first-order chi connectivity index (χ1) is 11.1. The molecule has 1 amide bonds. The molecule has 1 N–H and O–H groups in total. The number of fused-ring (bicyclic) bond motifs is 1. The van der Waals surface area contributed by atoms with Crippen LogP contribution in [0.25, 0.3) is 16.3 Å². The molecule has 3 aromatic rings. The van der Waals surface area contributed by atoms with E-state index in [0.717, 1.165) is 20.8 Å². The van der Waals surface area contributed by atoms with Gasteiger partial charge in [0.25, 0.3) is 0 Å². The van der Waals surface area contributed by atoms with Crippen LogP contribution in [0.5, 0.6) is 0 Å². The van der Waals surface area contributed by atoms with Crippen LogP contribution in [0.4, 0.5) is 0 Å². The van der Waals surface area contributed by atoms with Crippen molar-refractivity contribution in [3.63, 3.8) is 0 Å². The monoisotopic (exact) mass is 362 g/mol. The average Bonchev–Trinajstić information content (AvgIpc) is 2.95. The Labute approximate surface area is 147 Å². The van der Waals surface area contributed by atoms with E-state index in [1.165, 1.54) is 6.08 Å². The van der Waals surface area contributed by atoms with Crippen molar-refractivity contribution in [2.24, 2.45) is 0 Å². The molecule has 1 heterocycles. The Hall–Kier alpha value is -1.88. The van der Waals surface area contributed by atoms with Gasteiger partial charge in [0.05, 0.1) is 10.2 Å². The SMILES string of the molecule is O=C(/C=C/c1nc2ccccc2s1)NCc1ccc(Cl)cc1Cl. The summed E-state index contributed by atoms with van der Waals surface area (Å²) in [7, 11) is 0. The number of nitrogens with one attached hydrogen (secondary N) is 1. The number of nitrogens with zero attached hydrogens (tertiary/aromatic N) is 1. The molecular weight excluding hydrogens is 351 g/mol. The van der Waals surface area contributed by atoms with Gasteiger partial charge in [-0.2, -0.15) is 0 Å². The van der Waals surface area contributed by atoms with Gasteiger partial charge in [0, 0.05) is 22.7 Å². The highest BCUT2D eigenvalue weighted by molar-refractivity contribution is 7.19. The largest absolute Gasteiger partial charge is 0.348 e. The van der Waals surface area contributed by atoms with E-state index in [1.54, 1.807) is 35.6 Å². The second-order valence-electron chi connectivity index (χ2n) is 4.81. The number of halogens is 2. The van der Waals surface area contributed by atoms with E-state index in [0.29, 0.717) is 16.6 Å². The quantitative estimate of drug-likeness (QED) is 0.668. The summed E-state index contributed by atoms with van der Waals surface area (Å²) in [5.74, 6) is -0.199. The summed E-state index contributed by atoms with van der Waals surface area (Å²) in [6.07, 6.45) is 3.19. The minimum atomic E-state index is -0.199. The number of rotatable bonds is 4. The first kappa shape index (κ1) is 16.0. The summed E-state index contributed by atoms with van der Waals surface area (Å²) >= 11 is 13.5. The molecule has 6 heteroatoms. The maximum atomic E-state index is 11.9. The first-order valence-electron chi connectivity index (χ1n) is 6.87. The molecule has 116 valence electrons. The summed E-state index contributed by atoms with van der Waals surface area (Å²) < 4.78 is 1.10. The van der Waals surface area contributed by atoms with Crippen LogP contribution in [0, 0.1) is 0 Å². The van der Waals surface area contributed by atoms with Crippen LogP contribution < -0.4 is 5.32 Å². The van der Waals surface area contributed by atoms with Crippen LogP contribution >= 0.6 is 34.5 Å². The van der Waals surface area contributed by atoms with Crippen LogP contribution in [0.1, 0.15) is 10.6 Å². The fourth-order valence-electron chi connectivity index (χ4n) is 2.01. The number of carbonyl (C=O) groups excluding carboxylic acids is 1. The number of benzene rings is 2. The number of amides is 1. The van der Waals surface area contributed by atoms with Gasteiger partial charge in [-0.05, 0) is 35.9 Å². The summed E-state index contributed by atoms with van der Waals surface area (Å²) in [4.78, 5) is 16.3. The highest BCUT2D eigenvalue weighted by atomic mass is 35.5. The highest BCUT2D eigenvalue weighted by Crippen LogP contribution is 2.22. The molecule has 0 unspecified atom stereocenters. The van der Waals surface area contributed by atoms with Gasteiger partial charge < -0.3 is 5.32 Å². The van der Waals surface area contributed by atoms with Crippen molar-refractivity contribution in [2.75, 3.05) is 0 Å². The molecule has 0 saturated carbocycles. The second-order valence-corrected chi connectivity index (χ2v) is 6.71. The molecule has 23 heavy (non-hydrogen) atoms. The Morgan fingerprint density at radius 1 is 1.22 bits per heavy atom. The Balaban J connectivity index is 1.62. The lowest BCUT2D eigenvalue weighted by Crippen LogP contribution is -2.20. The summed E-state index contributed by atoms with van der Waals surface area (Å²) in [5.41, 5.74) is 1.75. The third-order valence-corrected chi connectivity index (χ3v) is 4.74. The highest BCUT2D eigenvalue weighted by Gasteiger charge is 2.04. The number of hydrogen-bond donors (Lipinski definition) is 1. The third-order valence-electron chi connectivity index (χ3n) is 3.16. The zero-order valence-corrected chi connectivity index (χ0v) is 14.3. The Morgan fingerprint density at radius 3 is 2.83 bits per heavy atom. The molecule has 0 fully saturated rings. The summed E-state index contributed by atoms with van der Waals surface area (Å²) in [5, 5.41) is 4.69. The van der Waals surface area contributed by atoms with E-state index in [4.69, 9.17) is 23.2 Å². The topological polar surface area (TPSA) is 42.0 Å². The minimum absolute atomic E-state index is 0.199. The van der Waals surface area contributed by atoms with Gasteiger partial charge >= 0.3 is 0 Å². The fraction of sp³-hybridized carbons (Fsp3) is 0.0588. The maximum Gasteiger partial charge on any atom is 0.244 e. The number of aromatic nitrogens is 1. The van der Waals surface area contributed by atoms with Gasteiger partial charge in [0.15, 0.2) is 0 Å². The lowest BCUT2D eigenvalue weighted by molar-refractivity contribution is -0.116. The molecule has 1 aromatic heterocycles. The molecule has 0 radical (unpaired) electrons. The lowest BCUT2D eigenvalue weighted by atomic mass is 10.2.